The lowest BCUT2D eigenvalue weighted by atomic mass is 9.83. The third-order valence-electron chi connectivity index (χ3n) is 6.29. The van der Waals surface area contributed by atoms with Crippen molar-refractivity contribution in [3.63, 3.8) is 0 Å². The zero-order valence-corrected chi connectivity index (χ0v) is 21.6. The first-order valence-corrected chi connectivity index (χ1v) is 11.4. The molecule has 2 amide bonds. The van der Waals surface area contributed by atoms with Crippen LogP contribution in [0.1, 0.15) is 25.0 Å². The molecule has 0 radical (unpaired) electrons. The molecular formula is C24H28Cl2N6O5. The molecule has 4 heterocycles. The summed E-state index contributed by atoms with van der Waals surface area (Å²) in [5.74, 6) is 0.647. The van der Waals surface area contributed by atoms with E-state index in [1.54, 1.807) is 30.5 Å². The van der Waals surface area contributed by atoms with Gasteiger partial charge in [-0.15, -0.1) is 24.8 Å². The average molecular weight is 551 g/mol. The molecule has 1 fully saturated rings. The summed E-state index contributed by atoms with van der Waals surface area (Å²) in [5.41, 5.74) is 2.48. The van der Waals surface area contributed by atoms with Crippen LogP contribution in [-0.4, -0.2) is 57.7 Å². The van der Waals surface area contributed by atoms with Gasteiger partial charge >= 0.3 is 0 Å². The molecule has 1 aliphatic heterocycles. The molecule has 0 unspecified atom stereocenters. The Hall–Kier alpha value is -3.25. The zero-order valence-electron chi connectivity index (χ0n) is 20.0. The highest BCUT2D eigenvalue weighted by atomic mass is 35.5. The molecule has 1 aliphatic carbocycles. The first-order chi connectivity index (χ1) is 17.0. The number of aliphatic hydroxyl groups is 1. The fourth-order valence-electron chi connectivity index (χ4n) is 4.42. The Morgan fingerprint density at radius 1 is 1.19 bits per heavy atom. The van der Waals surface area contributed by atoms with E-state index >= 15 is 0 Å². The maximum Gasteiger partial charge on any atom is 0.263 e. The van der Waals surface area contributed by atoms with Gasteiger partial charge in [0.05, 0.1) is 30.1 Å². The van der Waals surface area contributed by atoms with Crippen LogP contribution >= 0.6 is 24.8 Å². The van der Waals surface area contributed by atoms with Crippen molar-refractivity contribution in [1.82, 2.24) is 20.3 Å². The van der Waals surface area contributed by atoms with E-state index in [2.05, 4.69) is 30.9 Å². The highest BCUT2D eigenvalue weighted by molar-refractivity contribution is 6.00. The number of amides is 2. The summed E-state index contributed by atoms with van der Waals surface area (Å²) in [5, 5.41) is 19.7. The topological polar surface area (TPSA) is 148 Å². The van der Waals surface area contributed by atoms with Gasteiger partial charge in [0.2, 0.25) is 11.8 Å². The van der Waals surface area contributed by atoms with Gasteiger partial charge in [-0.05, 0) is 43.5 Å². The third kappa shape index (κ3) is 6.37. The van der Waals surface area contributed by atoms with Crippen molar-refractivity contribution < 1.29 is 24.2 Å². The Kier molecular flexibility index (Phi) is 9.44. The number of hydrogen-bond acceptors (Lipinski definition) is 9. The second-order valence-corrected chi connectivity index (χ2v) is 8.62. The summed E-state index contributed by atoms with van der Waals surface area (Å²) in [6, 6.07) is 8.62. The van der Waals surface area contributed by atoms with Crippen molar-refractivity contribution in [2.45, 2.75) is 38.0 Å². The predicted molar refractivity (Wildman–Crippen MR) is 142 cm³/mol. The molecule has 5 rings (SSSR count). The number of rotatable bonds is 6. The number of fused-ring (bicyclic) bond motifs is 2. The van der Waals surface area contributed by atoms with Gasteiger partial charge in [0, 0.05) is 30.8 Å². The van der Waals surface area contributed by atoms with Crippen LogP contribution in [0.3, 0.4) is 0 Å². The molecule has 0 bridgehead atoms. The molecule has 11 nitrogen and oxygen atoms in total. The van der Waals surface area contributed by atoms with E-state index in [9.17, 15) is 14.7 Å². The fourth-order valence-corrected chi connectivity index (χ4v) is 4.42. The number of carbonyl (C=O) groups excluding carboxylic acids is 2. The summed E-state index contributed by atoms with van der Waals surface area (Å²) >= 11 is 0. The largest absolute Gasteiger partial charge is 0.481 e. The molecule has 3 aromatic heterocycles. The number of aromatic nitrogens is 3. The van der Waals surface area contributed by atoms with Gasteiger partial charge in [-0.1, -0.05) is 0 Å². The average Bonchev–Trinajstić information content (AvgIpc) is 2.87. The van der Waals surface area contributed by atoms with Crippen LogP contribution in [0.2, 0.25) is 0 Å². The quantitative estimate of drug-likeness (QED) is 0.363. The van der Waals surface area contributed by atoms with Gasteiger partial charge in [-0.25, -0.2) is 9.97 Å². The Labute approximate surface area is 225 Å². The minimum absolute atomic E-state index is 0. The Morgan fingerprint density at radius 3 is 2.81 bits per heavy atom. The maximum absolute atomic E-state index is 13.0. The van der Waals surface area contributed by atoms with Crippen molar-refractivity contribution >= 4 is 59.2 Å². The number of aliphatic hydroxyl groups excluding tert-OH is 1. The SMILES string of the molecule is COc1ccc2nccc(NC(=O)[C@@H]3CC[C@@H](NCc4ccc5c(n4)NC(=O)CO5)[C@H](O)C3)c2n1.Cl.Cl. The van der Waals surface area contributed by atoms with E-state index in [4.69, 9.17) is 9.47 Å². The standard InChI is InChI=1S/C24H26N6O5.2ClH/c1-34-21-7-5-16-22(30-21)17(8-9-25-16)28-24(33)13-2-4-15(18(31)10-13)26-11-14-3-6-19-23(27-14)29-20(32)12-35-19;;/h3,5-9,13,15,18,26,31H,2,4,10-12H2,1H3,(H,25,28,33)(H,27,29,32);2*1H/t13-,15-,18-;;/m1../s1. The van der Waals surface area contributed by atoms with Crippen molar-refractivity contribution in [3.8, 4) is 11.6 Å². The highest BCUT2D eigenvalue weighted by Crippen LogP contribution is 2.29. The summed E-state index contributed by atoms with van der Waals surface area (Å²) in [4.78, 5) is 37.6. The molecule has 0 saturated heterocycles. The molecule has 2 aliphatic rings. The molecule has 13 heteroatoms. The van der Waals surface area contributed by atoms with Crippen LogP contribution in [0, 0.1) is 5.92 Å². The van der Waals surface area contributed by atoms with E-state index in [0.29, 0.717) is 65.7 Å². The monoisotopic (exact) mass is 550 g/mol. The number of halogens is 2. The number of carbonyl (C=O) groups is 2. The van der Waals surface area contributed by atoms with Gasteiger partial charge < -0.3 is 30.5 Å². The summed E-state index contributed by atoms with van der Waals surface area (Å²) in [6.45, 7) is 0.398. The summed E-state index contributed by atoms with van der Waals surface area (Å²) in [6.07, 6.45) is 2.53. The number of nitrogens with one attached hydrogen (secondary N) is 3. The van der Waals surface area contributed by atoms with Crippen molar-refractivity contribution in [2.24, 2.45) is 5.92 Å². The van der Waals surface area contributed by atoms with Gasteiger partial charge in [-0.3, -0.25) is 14.6 Å². The zero-order chi connectivity index (χ0) is 24.4. The molecule has 198 valence electrons. The first kappa shape index (κ1) is 28.3. The number of pyridine rings is 3. The first-order valence-electron chi connectivity index (χ1n) is 11.4. The van der Waals surface area contributed by atoms with Gasteiger partial charge in [0.25, 0.3) is 5.91 Å². The number of ether oxygens (including phenoxy) is 2. The van der Waals surface area contributed by atoms with E-state index in [-0.39, 0.29) is 55.2 Å². The normalized spacial score (nSPS) is 20.4. The molecular weight excluding hydrogens is 523 g/mol. The van der Waals surface area contributed by atoms with E-state index in [1.807, 2.05) is 6.07 Å². The molecule has 3 atom stereocenters. The van der Waals surface area contributed by atoms with Gasteiger partial charge in [0.1, 0.15) is 5.52 Å². The molecule has 0 aromatic carbocycles. The van der Waals surface area contributed by atoms with Gasteiger partial charge in [0.15, 0.2) is 18.2 Å². The molecule has 3 aromatic rings. The maximum atomic E-state index is 13.0. The van der Waals surface area contributed by atoms with Crippen LogP contribution in [0.4, 0.5) is 11.5 Å². The van der Waals surface area contributed by atoms with Crippen molar-refractivity contribution in [3.05, 3.63) is 42.2 Å². The van der Waals surface area contributed by atoms with Crippen molar-refractivity contribution in [2.75, 3.05) is 24.4 Å². The molecule has 0 spiro atoms. The molecule has 1 saturated carbocycles. The number of methoxy groups -OCH3 is 1. The lowest BCUT2D eigenvalue weighted by molar-refractivity contribution is -0.122. The second-order valence-electron chi connectivity index (χ2n) is 8.62. The smallest absolute Gasteiger partial charge is 0.263 e. The number of anilines is 2. The minimum Gasteiger partial charge on any atom is -0.481 e. The predicted octanol–water partition coefficient (Wildman–Crippen LogP) is 2.47. The molecule has 4 N–H and O–H groups in total. The third-order valence-corrected chi connectivity index (χ3v) is 6.29. The second kappa shape index (κ2) is 12.3. The fraction of sp³-hybridized carbons (Fsp3) is 0.375. The lowest BCUT2D eigenvalue weighted by Gasteiger charge is -2.33. The van der Waals surface area contributed by atoms with Crippen LogP contribution < -0.4 is 25.4 Å². The summed E-state index contributed by atoms with van der Waals surface area (Å²) < 4.78 is 10.5. The minimum atomic E-state index is -0.687. The van der Waals surface area contributed by atoms with Gasteiger partial charge in [-0.2, -0.15) is 0 Å². The Balaban J connectivity index is 0.00000190. The number of nitrogens with zero attached hydrogens (tertiary/aromatic N) is 3. The van der Waals surface area contributed by atoms with E-state index in [0.717, 1.165) is 0 Å². The van der Waals surface area contributed by atoms with Crippen LogP contribution in [0.5, 0.6) is 11.6 Å². The Morgan fingerprint density at radius 2 is 2.03 bits per heavy atom. The van der Waals surface area contributed by atoms with Crippen LogP contribution in [-0.2, 0) is 16.1 Å². The van der Waals surface area contributed by atoms with E-state index in [1.165, 1.54) is 7.11 Å². The lowest BCUT2D eigenvalue weighted by Crippen LogP contribution is -2.46. The van der Waals surface area contributed by atoms with E-state index < -0.39 is 6.10 Å². The van der Waals surface area contributed by atoms with Crippen LogP contribution in [0.15, 0.2) is 36.5 Å². The van der Waals surface area contributed by atoms with Crippen LogP contribution in [0.25, 0.3) is 11.0 Å². The van der Waals surface area contributed by atoms with Crippen molar-refractivity contribution in [1.29, 1.82) is 0 Å². The molecule has 37 heavy (non-hydrogen) atoms. The number of hydrogen-bond donors (Lipinski definition) is 4. The highest BCUT2D eigenvalue weighted by Gasteiger charge is 2.33. The summed E-state index contributed by atoms with van der Waals surface area (Å²) in [7, 11) is 1.53. The Bertz CT molecular complexity index is 1280.